The number of benzene rings is 7. The quantitative estimate of drug-likeness (QED) is 0.0810. The normalized spacial score (nSPS) is 11.5. The van der Waals surface area contributed by atoms with Gasteiger partial charge < -0.3 is 25.4 Å². The van der Waals surface area contributed by atoms with Crippen molar-refractivity contribution in [3.05, 3.63) is 186 Å². The summed E-state index contributed by atoms with van der Waals surface area (Å²) in [6, 6.07) is 54.6. The Morgan fingerprint density at radius 1 is 0.597 bits per heavy atom. The lowest BCUT2D eigenvalue weighted by Gasteiger charge is -2.21. The third-order valence-electron chi connectivity index (χ3n) is 11.2. The highest BCUT2D eigenvalue weighted by atomic mass is 35.5. The second-order valence-electron chi connectivity index (χ2n) is 16.8. The molecule has 0 bridgehead atoms. The van der Waals surface area contributed by atoms with Crippen LogP contribution in [0.25, 0.3) is 49.9 Å². The summed E-state index contributed by atoms with van der Waals surface area (Å²) in [6.45, 7) is 10.7. The molecule has 0 radical (unpaired) electrons. The van der Waals surface area contributed by atoms with E-state index in [0.717, 1.165) is 89.3 Å². The number of rotatable bonds is 10. The van der Waals surface area contributed by atoms with Crippen LogP contribution >= 0.6 is 11.6 Å². The molecule has 0 spiro atoms. The van der Waals surface area contributed by atoms with Crippen molar-refractivity contribution in [2.24, 2.45) is 0 Å². The molecule has 7 nitrogen and oxygen atoms in total. The lowest BCUT2D eigenvalue weighted by Crippen LogP contribution is -2.31. The summed E-state index contributed by atoms with van der Waals surface area (Å²) < 4.78 is 8.76. The van der Waals surface area contributed by atoms with E-state index in [9.17, 15) is 10.0 Å². The van der Waals surface area contributed by atoms with Gasteiger partial charge in [-0.3, -0.25) is 4.57 Å². The van der Waals surface area contributed by atoms with E-state index in [4.69, 9.17) is 21.3 Å². The first kappa shape index (κ1) is 40.6. The Morgan fingerprint density at radius 3 is 2.02 bits per heavy atom. The number of aryl methyl sites for hydroxylation is 2. The van der Waals surface area contributed by atoms with Crippen molar-refractivity contribution in [3.8, 4) is 39.6 Å². The van der Waals surface area contributed by atoms with Crippen molar-refractivity contribution >= 4 is 68.7 Å². The molecule has 9 aromatic rings. The van der Waals surface area contributed by atoms with Gasteiger partial charge in [-0.25, -0.2) is 4.98 Å². The van der Waals surface area contributed by atoms with E-state index < -0.39 is 7.12 Å². The summed E-state index contributed by atoms with van der Waals surface area (Å²) in [5.74, 6) is 2.10. The second-order valence-corrected chi connectivity index (χ2v) is 17.2. The molecule has 7 aromatic carbocycles. The van der Waals surface area contributed by atoms with E-state index in [1.807, 2.05) is 97.1 Å². The van der Waals surface area contributed by atoms with Crippen LogP contribution in [0.4, 0.5) is 22.7 Å². The van der Waals surface area contributed by atoms with Gasteiger partial charge in [0.2, 0.25) is 0 Å². The Balaban J connectivity index is 1.06. The highest BCUT2D eigenvalue weighted by Gasteiger charge is 2.22. The molecule has 0 aliphatic rings. The van der Waals surface area contributed by atoms with Crippen LogP contribution in [-0.2, 0) is 5.41 Å². The predicted molar refractivity (Wildman–Crippen MR) is 258 cm³/mol. The zero-order valence-corrected chi connectivity index (χ0v) is 36.0. The molecule has 0 amide bonds. The van der Waals surface area contributed by atoms with E-state index in [2.05, 4.69) is 110 Å². The zero-order valence-electron chi connectivity index (χ0n) is 35.2. The maximum absolute atomic E-state index is 10.4. The van der Waals surface area contributed by atoms with E-state index in [1.54, 1.807) is 6.07 Å². The maximum atomic E-state index is 10.4. The molecule has 306 valence electrons. The number of halogens is 1. The van der Waals surface area contributed by atoms with Gasteiger partial charge in [-0.05, 0) is 96.0 Å². The van der Waals surface area contributed by atoms with Gasteiger partial charge >= 0.3 is 7.12 Å². The summed E-state index contributed by atoms with van der Waals surface area (Å²) in [5, 5.41) is 30.9. The monoisotopic (exact) mass is 832 g/mol. The second kappa shape index (κ2) is 16.6. The molecular weight excluding hydrogens is 787 g/mol. The molecule has 0 aliphatic heterocycles. The fraction of sp³-hybridized carbons (Fsp3) is 0.113. The summed E-state index contributed by atoms with van der Waals surface area (Å²) in [4.78, 5) is 4.80. The Labute approximate surface area is 367 Å². The number of aromatic nitrogens is 2. The number of para-hydroxylation sites is 4. The van der Waals surface area contributed by atoms with Crippen LogP contribution in [0.3, 0.4) is 0 Å². The van der Waals surface area contributed by atoms with Crippen molar-refractivity contribution in [1.82, 2.24) is 9.55 Å². The summed E-state index contributed by atoms with van der Waals surface area (Å²) in [6.07, 6.45) is 0. The number of nitrogens with zero attached hydrogens (tertiary/aromatic N) is 2. The SMILES string of the molecule is Cc1cc(C)cc(-c2cccc(-c3ccccc3B(O)O)c2Nc2ccccc2Nc2cccc(Oc3ccc4c5ccccc5n(-c5cc(C(C)(C)C)cc(Cl)n5)c4c3)c2)c1. The van der Waals surface area contributed by atoms with Crippen molar-refractivity contribution in [2.75, 3.05) is 10.6 Å². The van der Waals surface area contributed by atoms with E-state index in [0.29, 0.717) is 22.1 Å². The molecule has 0 unspecified atom stereocenters. The van der Waals surface area contributed by atoms with Crippen LogP contribution in [-0.4, -0.2) is 26.7 Å². The van der Waals surface area contributed by atoms with Gasteiger partial charge in [0.15, 0.2) is 0 Å². The highest BCUT2D eigenvalue weighted by molar-refractivity contribution is 6.60. The standard InChI is InChI=1S/C53H46BClN4O3/c1-33-26-34(2)28-35(27-33)40-18-13-19-44(41-16-6-8-20-45(41)54(60)61)52(40)57-47-22-10-9-21-46(47)56-37-14-12-15-38(31-37)62-39-24-25-43-42-17-7-11-23-48(42)59(49(43)32-39)51-30-36(53(3,4)5)29-50(55)58-51/h6-32,56-57,60-61H,1-5H3. The fourth-order valence-electron chi connectivity index (χ4n) is 8.31. The average molecular weight is 833 g/mol. The van der Waals surface area contributed by atoms with Gasteiger partial charge in [-0.15, -0.1) is 0 Å². The molecular formula is C53H46BClN4O3. The van der Waals surface area contributed by atoms with Crippen molar-refractivity contribution in [3.63, 3.8) is 0 Å². The number of pyridine rings is 1. The number of hydrogen-bond acceptors (Lipinski definition) is 6. The van der Waals surface area contributed by atoms with Crippen LogP contribution < -0.4 is 20.8 Å². The maximum Gasteiger partial charge on any atom is 0.489 e. The zero-order chi connectivity index (χ0) is 43.1. The lowest BCUT2D eigenvalue weighted by molar-refractivity contribution is 0.426. The summed E-state index contributed by atoms with van der Waals surface area (Å²) in [5.41, 5.74) is 12.7. The molecule has 0 aliphatic carbocycles. The van der Waals surface area contributed by atoms with Crippen molar-refractivity contribution in [2.45, 2.75) is 40.0 Å². The van der Waals surface area contributed by atoms with Crippen LogP contribution in [0.1, 0.15) is 37.5 Å². The number of fused-ring (bicyclic) bond motifs is 3. The van der Waals surface area contributed by atoms with E-state index >= 15 is 0 Å². The van der Waals surface area contributed by atoms with Gasteiger partial charge in [-0.2, -0.15) is 0 Å². The number of ether oxygens (including phenoxy) is 1. The van der Waals surface area contributed by atoms with Crippen molar-refractivity contribution in [1.29, 1.82) is 0 Å². The molecule has 0 atom stereocenters. The van der Waals surface area contributed by atoms with Gasteiger partial charge in [-0.1, -0.05) is 141 Å². The van der Waals surface area contributed by atoms with E-state index in [-0.39, 0.29) is 5.41 Å². The first-order valence-corrected chi connectivity index (χ1v) is 21.1. The minimum Gasteiger partial charge on any atom is -0.457 e. The molecule has 62 heavy (non-hydrogen) atoms. The van der Waals surface area contributed by atoms with Crippen LogP contribution in [0.5, 0.6) is 11.5 Å². The van der Waals surface area contributed by atoms with E-state index in [1.165, 1.54) is 0 Å². The van der Waals surface area contributed by atoms with Gasteiger partial charge in [0.05, 0.1) is 28.1 Å². The van der Waals surface area contributed by atoms with Crippen LogP contribution in [0.2, 0.25) is 5.15 Å². The predicted octanol–water partition coefficient (Wildman–Crippen LogP) is 13.0. The molecule has 2 heterocycles. The van der Waals surface area contributed by atoms with Gasteiger partial charge in [0, 0.05) is 39.7 Å². The van der Waals surface area contributed by atoms with Gasteiger partial charge in [0.25, 0.3) is 0 Å². The molecule has 2 aromatic heterocycles. The fourth-order valence-corrected chi connectivity index (χ4v) is 8.51. The number of anilines is 4. The van der Waals surface area contributed by atoms with Crippen LogP contribution in [0, 0.1) is 13.8 Å². The molecule has 9 heteroatoms. The number of nitrogens with one attached hydrogen (secondary N) is 2. The smallest absolute Gasteiger partial charge is 0.457 e. The van der Waals surface area contributed by atoms with Crippen LogP contribution in [0.15, 0.2) is 164 Å². The first-order valence-electron chi connectivity index (χ1n) is 20.7. The molecule has 0 saturated carbocycles. The molecule has 9 rings (SSSR count). The van der Waals surface area contributed by atoms with Gasteiger partial charge in [0.1, 0.15) is 22.5 Å². The number of hydrogen-bond donors (Lipinski definition) is 4. The Bertz CT molecular complexity index is 3120. The Kier molecular flexibility index (Phi) is 10.8. The third kappa shape index (κ3) is 8.16. The topological polar surface area (TPSA) is 91.6 Å². The minimum atomic E-state index is -1.64. The highest BCUT2D eigenvalue weighted by Crippen LogP contribution is 2.42. The molecule has 0 fully saturated rings. The average Bonchev–Trinajstić information content (AvgIpc) is 3.57. The molecule has 0 saturated heterocycles. The van der Waals surface area contributed by atoms with Crippen molar-refractivity contribution < 1.29 is 14.8 Å². The Morgan fingerprint density at radius 2 is 1.24 bits per heavy atom. The molecule has 4 N–H and O–H groups in total. The summed E-state index contributed by atoms with van der Waals surface area (Å²) >= 11 is 6.65. The Hall–Kier alpha value is -6.84. The first-order chi connectivity index (χ1) is 29.9. The third-order valence-corrected chi connectivity index (χ3v) is 11.4. The summed E-state index contributed by atoms with van der Waals surface area (Å²) in [7, 11) is -1.64. The lowest BCUT2D eigenvalue weighted by atomic mass is 9.75. The largest absolute Gasteiger partial charge is 0.489 e. The minimum absolute atomic E-state index is 0.116.